The van der Waals surface area contributed by atoms with Gasteiger partial charge in [0.2, 0.25) is 0 Å². The second kappa shape index (κ2) is 5.70. The Morgan fingerprint density at radius 2 is 1.82 bits per heavy atom. The zero-order chi connectivity index (χ0) is 12.3. The van der Waals surface area contributed by atoms with Crippen LogP contribution in [0.4, 0.5) is 0 Å². The maximum atomic E-state index is 11.4. The first-order valence-corrected chi connectivity index (χ1v) is 8.23. The zero-order valence-corrected chi connectivity index (χ0v) is 12.0. The molecule has 1 spiro atoms. The van der Waals surface area contributed by atoms with Crippen molar-refractivity contribution in [2.24, 2.45) is 0 Å². The first kappa shape index (κ1) is 13.3. The lowest BCUT2D eigenvalue weighted by atomic mass is 10.00. The summed E-state index contributed by atoms with van der Waals surface area (Å²) in [6, 6.07) is 0. The lowest BCUT2D eigenvalue weighted by Gasteiger charge is -2.41. The van der Waals surface area contributed by atoms with Crippen LogP contribution >= 0.6 is 23.5 Å². The van der Waals surface area contributed by atoms with Crippen LogP contribution in [0.25, 0.3) is 0 Å². The number of carbonyl (C=O) groups is 1. The minimum Gasteiger partial charge on any atom is -0.457 e. The molecular formula is C13H20O2S2. The molecule has 96 valence electrons. The molecule has 1 aliphatic heterocycles. The minimum atomic E-state index is -0.240. The maximum Gasteiger partial charge on any atom is 0.333 e. The van der Waals surface area contributed by atoms with E-state index in [2.05, 4.69) is 6.58 Å². The van der Waals surface area contributed by atoms with Crippen LogP contribution < -0.4 is 0 Å². The van der Waals surface area contributed by atoms with Gasteiger partial charge in [-0.1, -0.05) is 25.8 Å². The van der Waals surface area contributed by atoms with E-state index < -0.39 is 0 Å². The van der Waals surface area contributed by atoms with Crippen LogP contribution in [0, 0.1) is 0 Å². The van der Waals surface area contributed by atoms with Crippen molar-refractivity contribution in [2.45, 2.75) is 49.2 Å². The van der Waals surface area contributed by atoms with Gasteiger partial charge in [0.25, 0.3) is 0 Å². The molecule has 4 heteroatoms. The average Bonchev–Trinajstić information content (AvgIpc) is 2.33. The molecule has 2 aliphatic rings. The zero-order valence-electron chi connectivity index (χ0n) is 10.4. The van der Waals surface area contributed by atoms with Gasteiger partial charge in [0.15, 0.2) is 0 Å². The Labute approximate surface area is 112 Å². The highest BCUT2D eigenvalue weighted by Gasteiger charge is 2.38. The van der Waals surface area contributed by atoms with Gasteiger partial charge in [-0.15, -0.1) is 23.5 Å². The summed E-state index contributed by atoms with van der Waals surface area (Å²) in [5.74, 6) is 1.66. The van der Waals surface area contributed by atoms with Gasteiger partial charge in [-0.2, -0.15) is 0 Å². The Balaban J connectivity index is 1.81. The monoisotopic (exact) mass is 272 g/mol. The molecule has 1 saturated heterocycles. The number of esters is 1. The Morgan fingerprint density at radius 3 is 2.35 bits per heavy atom. The Kier molecular flexibility index (Phi) is 4.47. The molecule has 1 aliphatic carbocycles. The standard InChI is InChI=1S/C13H20O2S2/c1-10(2)12(14)15-11-8-16-13(17-9-11)6-4-3-5-7-13/h11H,1,3-9H2,2H3. The van der Waals surface area contributed by atoms with Gasteiger partial charge in [-0.3, -0.25) is 0 Å². The summed E-state index contributed by atoms with van der Waals surface area (Å²) in [4.78, 5) is 11.4. The number of thioether (sulfide) groups is 2. The molecule has 0 bridgehead atoms. The molecular weight excluding hydrogens is 252 g/mol. The number of hydrogen-bond acceptors (Lipinski definition) is 4. The van der Waals surface area contributed by atoms with Crippen LogP contribution in [0.15, 0.2) is 12.2 Å². The van der Waals surface area contributed by atoms with E-state index in [9.17, 15) is 4.79 Å². The van der Waals surface area contributed by atoms with Crippen molar-refractivity contribution < 1.29 is 9.53 Å². The van der Waals surface area contributed by atoms with Gasteiger partial charge < -0.3 is 4.74 Å². The third-order valence-corrected chi connectivity index (χ3v) is 6.95. The fraction of sp³-hybridized carbons (Fsp3) is 0.769. The summed E-state index contributed by atoms with van der Waals surface area (Å²) in [7, 11) is 0. The molecule has 0 atom stereocenters. The fourth-order valence-electron chi connectivity index (χ4n) is 2.28. The van der Waals surface area contributed by atoms with Crippen molar-refractivity contribution in [3.8, 4) is 0 Å². The molecule has 0 amide bonds. The van der Waals surface area contributed by atoms with Gasteiger partial charge in [-0.05, 0) is 19.8 Å². The van der Waals surface area contributed by atoms with Gasteiger partial charge in [-0.25, -0.2) is 4.79 Å². The lowest BCUT2D eigenvalue weighted by molar-refractivity contribution is -0.142. The summed E-state index contributed by atoms with van der Waals surface area (Å²) in [6.45, 7) is 5.32. The van der Waals surface area contributed by atoms with E-state index in [1.165, 1.54) is 32.1 Å². The lowest BCUT2D eigenvalue weighted by Crippen LogP contribution is -2.36. The van der Waals surface area contributed by atoms with Crippen molar-refractivity contribution >= 4 is 29.5 Å². The predicted octanol–water partition coefficient (Wildman–Crippen LogP) is 3.61. The molecule has 1 heterocycles. The SMILES string of the molecule is C=C(C)C(=O)OC1CSC2(CCCCC2)SC1. The number of carbonyl (C=O) groups excluding carboxylic acids is 1. The molecule has 0 aromatic carbocycles. The minimum absolute atomic E-state index is 0.0711. The topological polar surface area (TPSA) is 26.3 Å². The van der Waals surface area contributed by atoms with E-state index in [0.29, 0.717) is 9.65 Å². The van der Waals surface area contributed by atoms with Crippen molar-refractivity contribution in [3.05, 3.63) is 12.2 Å². The van der Waals surface area contributed by atoms with Crippen LogP contribution in [0.1, 0.15) is 39.0 Å². The molecule has 2 nitrogen and oxygen atoms in total. The quantitative estimate of drug-likeness (QED) is 0.566. The smallest absolute Gasteiger partial charge is 0.333 e. The third-order valence-electron chi connectivity index (χ3n) is 3.30. The Morgan fingerprint density at radius 1 is 1.24 bits per heavy atom. The largest absolute Gasteiger partial charge is 0.457 e. The third kappa shape index (κ3) is 3.44. The molecule has 0 aromatic rings. The Bertz CT molecular complexity index is 299. The molecule has 0 aromatic heterocycles. The molecule has 17 heavy (non-hydrogen) atoms. The average molecular weight is 272 g/mol. The highest BCUT2D eigenvalue weighted by atomic mass is 32.2. The van der Waals surface area contributed by atoms with Crippen LogP contribution in [0.2, 0.25) is 0 Å². The molecule has 2 fully saturated rings. The highest BCUT2D eigenvalue weighted by molar-refractivity contribution is 8.18. The van der Waals surface area contributed by atoms with Crippen molar-refractivity contribution in [2.75, 3.05) is 11.5 Å². The summed E-state index contributed by atoms with van der Waals surface area (Å²) >= 11 is 4.01. The van der Waals surface area contributed by atoms with E-state index in [1.807, 2.05) is 23.5 Å². The van der Waals surface area contributed by atoms with E-state index in [0.717, 1.165) is 11.5 Å². The van der Waals surface area contributed by atoms with Gasteiger partial charge >= 0.3 is 5.97 Å². The van der Waals surface area contributed by atoms with Crippen molar-refractivity contribution in [3.63, 3.8) is 0 Å². The van der Waals surface area contributed by atoms with Crippen molar-refractivity contribution in [1.82, 2.24) is 0 Å². The molecule has 1 saturated carbocycles. The summed E-state index contributed by atoms with van der Waals surface area (Å²) < 4.78 is 5.84. The van der Waals surface area contributed by atoms with Crippen LogP contribution in [0.5, 0.6) is 0 Å². The summed E-state index contributed by atoms with van der Waals surface area (Å²) in [5, 5.41) is 0. The molecule has 0 radical (unpaired) electrons. The van der Waals surface area contributed by atoms with Gasteiger partial charge in [0.1, 0.15) is 6.10 Å². The normalized spacial score (nSPS) is 24.5. The van der Waals surface area contributed by atoms with Gasteiger partial charge in [0, 0.05) is 17.1 Å². The van der Waals surface area contributed by atoms with E-state index in [4.69, 9.17) is 4.74 Å². The maximum absolute atomic E-state index is 11.4. The van der Waals surface area contributed by atoms with Crippen molar-refractivity contribution in [1.29, 1.82) is 0 Å². The second-order valence-electron chi connectivity index (χ2n) is 4.90. The van der Waals surface area contributed by atoms with Crippen LogP contribution in [0.3, 0.4) is 0 Å². The number of hydrogen-bond donors (Lipinski definition) is 0. The number of ether oxygens (including phenoxy) is 1. The van der Waals surface area contributed by atoms with Crippen LogP contribution in [-0.4, -0.2) is 27.7 Å². The molecule has 0 N–H and O–H groups in total. The van der Waals surface area contributed by atoms with E-state index >= 15 is 0 Å². The highest BCUT2D eigenvalue weighted by Crippen LogP contribution is 2.51. The number of rotatable bonds is 2. The first-order valence-electron chi connectivity index (χ1n) is 6.26. The van der Waals surface area contributed by atoms with E-state index in [1.54, 1.807) is 6.92 Å². The predicted molar refractivity (Wildman–Crippen MR) is 75.4 cm³/mol. The Hall–Kier alpha value is -0.0900. The van der Waals surface area contributed by atoms with E-state index in [-0.39, 0.29) is 12.1 Å². The second-order valence-corrected chi connectivity index (χ2v) is 7.97. The first-order chi connectivity index (χ1) is 8.11. The van der Waals surface area contributed by atoms with Crippen LogP contribution in [-0.2, 0) is 9.53 Å². The molecule has 0 unspecified atom stereocenters. The summed E-state index contributed by atoms with van der Waals surface area (Å²) in [6.07, 6.45) is 6.82. The fourth-order valence-corrected chi connectivity index (χ4v) is 5.68. The molecule has 2 rings (SSSR count). The summed E-state index contributed by atoms with van der Waals surface area (Å²) in [5.41, 5.74) is 0.498. The van der Waals surface area contributed by atoms with Gasteiger partial charge in [0.05, 0.1) is 4.08 Å².